The summed E-state index contributed by atoms with van der Waals surface area (Å²) in [7, 11) is 1.61. The number of nitrogens with one attached hydrogen (secondary N) is 1. The fraction of sp³-hybridized carbons (Fsp3) is 0.500. The van der Waals surface area contributed by atoms with Crippen molar-refractivity contribution in [2.45, 2.75) is 90.4 Å². The molecule has 6 nitrogen and oxygen atoms in total. The Morgan fingerprint density at radius 1 is 0.816 bits per heavy atom. The molecule has 0 radical (unpaired) electrons. The summed E-state index contributed by atoms with van der Waals surface area (Å²) < 4.78 is 10.8. The van der Waals surface area contributed by atoms with Crippen molar-refractivity contribution < 1.29 is 14.0 Å². The highest BCUT2D eigenvalue weighted by Crippen LogP contribution is 2.25. The molecule has 1 heterocycles. The summed E-state index contributed by atoms with van der Waals surface area (Å²) in [6.07, 6.45) is 18.8. The van der Waals surface area contributed by atoms with Gasteiger partial charge in [-0.3, -0.25) is 0 Å². The second-order valence-corrected chi connectivity index (χ2v) is 9.89. The van der Waals surface area contributed by atoms with Gasteiger partial charge >= 0.3 is 5.63 Å². The van der Waals surface area contributed by atoms with E-state index in [9.17, 15) is 4.79 Å². The number of benzene rings is 2. The molecule has 2 aromatic carbocycles. The van der Waals surface area contributed by atoms with Gasteiger partial charge in [-0.25, -0.2) is 9.79 Å². The fourth-order valence-corrected chi connectivity index (χ4v) is 4.55. The summed E-state index contributed by atoms with van der Waals surface area (Å²) in [4.78, 5) is 22.2. The van der Waals surface area contributed by atoms with E-state index in [1.54, 1.807) is 13.2 Å². The molecule has 0 aliphatic carbocycles. The zero-order valence-electron chi connectivity index (χ0n) is 23.2. The number of hydrogen-bond donors (Lipinski definition) is 1. The second-order valence-electron chi connectivity index (χ2n) is 9.89. The molecule has 0 unspecified atom stereocenters. The van der Waals surface area contributed by atoms with Gasteiger partial charge in [0.05, 0.1) is 18.4 Å². The Balaban J connectivity index is 1.29. The molecule has 0 saturated heterocycles. The van der Waals surface area contributed by atoms with Crippen LogP contribution in [-0.2, 0) is 4.84 Å². The molecule has 0 aliphatic rings. The number of rotatable bonds is 19. The molecule has 1 aromatic heterocycles. The van der Waals surface area contributed by atoms with Gasteiger partial charge in [-0.2, -0.15) is 5.48 Å². The second kappa shape index (κ2) is 17.4. The van der Waals surface area contributed by atoms with Gasteiger partial charge in [0.1, 0.15) is 11.3 Å². The van der Waals surface area contributed by atoms with Crippen molar-refractivity contribution in [3.63, 3.8) is 0 Å². The van der Waals surface area contributed by atoms with Crippen LogP contribution in [-0.4, -0.2) is 20.1 Å². The third-order valence-electron chi connectivity index (χ3n) is 6.84. The average molecular weight is 521 g/mol. The predicted octanol–water partition coefficient (Wildman–Crippen LogP) is 8.74. The molecule has 0 spiro atoms. The molecule has 0 aliphatic heterocycles. The van der Waals surface area contributed by atoms with Gasteiger partial charge in [-0.1, -0.05) is 96.1 Å². The highest BCUT2D eigenvalue weighted by atomic mass is 16.6. The first-order valence-electron chi connectivity index (χ1n) is 14.3. The van der Waals surface area contributed by atoms with Crippen molar-refractivity contribution in [2.75, 3.05) is 13.7 Å². The van der Waals surface area contributed by atoms with E-state index in [1.165, 1.54) is 83.5 Å². The highest BCUT2D eigenvalue weighted by molar-refractivity contribution is 5.84. The number of aliphatic imine (C=N–C) groups is 1. The van der Waals surface area contributed by atoms with E-state index in [0.717, 1.165) is 29.7 Å². The molecule has 0 amide bonds. The van der Waals surface area contributed by atoms with Gasteiger partial charge < -0.3 is 14.0 Å². The molecule has 3 rings (SSSR count). The minimum Gasteiger partial charge on any atom is -0.497 e. The number of fused-ring (bicyclic) bond motifs is 1. The van der Waals surface area contributed by atoms with Crippen LogP contribution in [0.25, 0.3) is 22.1 Å². The molecule has 38 heavy (non-hydrogen) atoms. The lowest BCUT2D eigenvalue weighted by molar-refractivity contribution is 0.191. The Kier molecular flexibility index (Phi) is 13.5. The molecular weight excluding hydrogens is 476 g/mol. The molecule has 0 bridgehead atoms. The smallest absolute Gasteiger partial charge is 0.344 e. The standard InChI is InChI=1S/C32H44N2O4/c1-3-4-5-6-7-8-9-10-11-12-13-14-15-22-34-37-25-33-28-19-16-27-23-30(32(35)38-31(27)24-28)26-17-20-29(36-2)21-18-26/h16-21,23-25,34H,3-15,22H2,1-2H3. The van der Waals surface area contributed by atoms with Crippen molar-refractivity contribution in [2.24, 2.45) is 4.99 Å². The van der Waals surface area contributed by atoms with Crippen molar-refractivity contribution in [3.8, 4) is 16.9 Å². The average Bonchev–Trinajstić information content (AvgIpc) is 2.94. The Morgan fingerprint density at radius 2 is 1.45 bits per heavy atom. The van der Waals surface area contributed by atoms with E-state index in [-0.39, 0.29) is 5.63 Å². The van der Waals surface area contributed by atoms with Gasteiger partial charge in [-0.15, -0.1) is 0 Å². The fourth-order valence-electron chi connectivity index (χ4n) is 4.55. The monoisotopic (exact) mass is 520 g/mol. The Morgan fingerprint density at radius 3 is 2.08 bits per heavy atom. The molecule has 206 valence electrons. The zero-order chi connectivity index (χ0) is 26.8. The molecule has 1 N–H and O–H groups in total. The van der Waals surface area contributed by atoms with E-state index in [1.807, 2.05) is 42.5 Å². The normalized spacial score (nSPS) is 11.4. The molecule has 6 heteroatoms. The summed E-state index contributed by atoms with van der Waals surface area (Å²) in [5, 5.41) is 0.829. The predicted molar refractivity (Wildman–Crippen MR) is 157 cm³/mol. The SMILES string of the molecule is CCCCCCCCCCCCCCCNOC=Nc1ccc2cc(-c3ccc(OC)cc3)c(=O)oc2c1. The maximum absolute atomic E-state index is 12.6. The molecule has 3 aromatic rings. The van der Waals surface area contributed by atoms with Gasteiger partial charge in [0, 0.05) is 18.0 Å². The van der Waals surface area contributed by atoms with Crippen LogP contribution in [0.3, 0.4) is 0 Å². The molecule has 0 atom stereocenters. The molecular formula is C32H44N2O4. The Labute approximate surface area is 227 Å². The number of hydrogen-bond acceptors (Lipinski definition) is 6. The van der Waals surface area contributed by atoms with Crippen LogP contribution >= 0.6 is 0 Å². The largest absolute Gasteiger partial charge is 0.497 e. The summed E-state index contributed by atoms with van der Waals surface area (Å²) in [6.45, 7) is 3.07. The van der Waals surface area contributed by atoms with Crippen LogP contribution in [0.1, 0.15) is 90.4 Å². The number of hydroxylamine groups is 1. The first kappa shape index (κ1) is 29.4. The van der Waals surface area contributed by atoms with Crippen molar-refractivity contribution >= 4 is 23.1 Å². The number of ether oxygens (including phenoxy) is 1. The van der Waals surface area contributed by atoms with Gasteiger partial charge in [0.25, 0.3) is 0 Å². The lowest BCUT2D eigenvalue weighted by Gasteiger charge is -2.05. The van der Waals surface area contributed by atoms with Crippen molar-refractivity contribution in [3.05, 3.63) is 59.0 Å². The minimum atomic E-state index is -0.389. The van der Waals surface area contributed by atoms with Gasteiger partial charge in [0.15, 0.2) is 0 Å². The number of methoxy groups -OCH3 is 1. The molecule has 0 fully saturated rings. The topological polar surface area (TPSA) is 73.1 Å². The van der Waals surface area contributed by atoms with E-state index >= 15 is 0 Å². The lowest BCUT2D eigenvalue weighted by Crippen LogP contribution is -2.14. The van der Waals surface area contributed by atoms with Crippen molar-refractivity contribution in [1.82, 2.24) is 5.48 Å². The van der Waals surface area contributed by atoms with Crippen LogP contribution in [0, 0.1) is 0 Å². The maximum Gasteiger partial charge on any atom is 0.344 e. The zero-order valence-corrected chi connectivity index (χ0v) is 23.2. The minimum absolute atomic E-state index is 0.389. The molecule has 0 saturated carbocycles. The number of nitrogens with zero attached hydrogens (tertiary/aromatic N) is 1. The first-order chi connectivity index (χ1) is 18.7. The van der Waals surface area contributed by atoms with Gasteiger partial charge in [-0.05, 0) is 42.3 Å². The third kappa shape index (κ3) is 10.3. The third-order valence-corrected chi connectivity index (χ3v) is 6.84. The van der Waals surface area contributed by atoms with Crippen LogP contribution in [0.5, 0.6) is 5.75 Å². The van der Waals surface area contributed by atoms with Gasteiger partial charge in [0.2, 0.25) is 6.40 Å². The van der Waals surface area contributed by atoms with E-state index < -0.39 is 0 Å². The maximum atomic E-state index is 12.6. The van der Waals surface area contributed by atoms with Crippen molar-refractivity contribution in [1.29, 1.82) is 0 Å². The van der Waals surface area contributed by atoms with Crippen LogP contribution < -0.4 is 15.8 Å². The summed E-state index contributed by atoms with van der Waals surface area (Å²) >= 11 is 0. The Bertz CT molecular complexity index is 1150. The summed E-state index contributed by atoms with van der Waals surface area (Å²) in [6, 6.07) is 14.7. The van der Waals surface area contributed by atoms with Crippen LogP contribution in [0.4, 0.5) is 5.69 Å². The van der Waals surface area contributed by atoms with Crippen LogP contribution in [0.15, 0.2) is 62.7 Å². The summed E-state index contributed by atoms with van der Waals surface area (Å²) in [5.74, 6) is 0.738. The van der Waals surface area contributed by atoms with E-state index in [0.29, 0.717) is 16.8 Å². The first-order valence-corrected chi connectivity index (χ1v) is 14.3. The Hall–Kier alpha value is -3.12. The van der Waals surface area contributed by atoms with Crippen LogP contribution in [0.2, 0.25) is 0 Å². The van der Waals surface area contributed by atoms with E-state index in [4.69, 9.17) is 14.0 Å². The van der Waals surface area contributed by atoms with E-state index in [2.05, 4.69) is 17.4 Å². The summed E-state index contributed by atoms with van der Waals surface area (Å²) in [5.41, 5.74) is 4.99. The quantitative estimate of drug-likeness (QED) is 0.0562. The number of unbranched alkanes of at least 4 members (excludes halogenated alkanes) is 12. The lowest BCUT2D eigenvalue weighted by atomic mass is 10.0. The highest BCUT2D eigenvalue weighted by Gasteiger charge is 2.08.